The maximum Gasteiger partial charge on any atom is 0.417 e. The van der Waals surface area contributed by atoms with Crippen LogP contribution in [0.25, 0.3) is 0 Å². The van der Waals surface area contributed by atoms with E-state index in [1.165, 1.54) is 0 Å². The van der Waals surface area contributed by atoms with Gasteiger partial charge in [0.1, 0.15) is 11.9 Å². The molecule has 7 heteroatoms. The van der Waals surface area contributed by atoms with Gasteiger partial charge in [-0.3, -0.25) is 0 Å². The van der Waals surface area contributed by atoms with Crippen LogP contribution in [0.2, 0.25) is 0 Å². The van der Waals surface area contributed by atoms with Gasteiger partial charge < -0.3 is 14.8 Å². The van der Waals surface area contributed by atoms with E-state index in [0.29, 0.717) is 25.0 Å². The maximum absolute atomic E-state index is 12.9. The molecule has 2 fully saturated rings. The summed E-state index contributed by atoms with van der Waals surface area (Å²) in [5, 5.41) is 3.31. The van der Waals surface area contributed by atoms with Gasteiger partial charge in [-0.25, -0.2) is 14.7 Å². The van der Waals surface area contributed by atoms with E-state index in [-0.39, 0.29) is 12.1 Å². The summed E-state index contributed by atoms with van der Waals surface area (Å²) in [6.07, 6.45) is 1.23. The number of ether oxygens (including phenoxy) is 2. The molecular formula is C23H22N4O3. The Morgan fingerprint density at radius 1 is 1.07 bits per heavy atom. The molecule has 5 rings (SSSR count). The lowest BCUT2D eigenvalue weighted by atomic mass is 9.86. The largest absolute Gasteiger partial charge is 0.435 e. The summed E-state index contributed by atoms with van der Waals surface area (Å²) in [4.78, 5) is 23.5. The number of hydrogen-bond acceptors (Lipinski definition) is 6. The van der Waals surface area contributed by atoms with Crippen molar-refractivity contribution < 1.29 is 14.3 Å². The molecule has 7 nitrogen and oxygen atoms in total. The van der Waals surface area contributed by atoms with Crippen LogP contribution in [0.5, 0.6) is 0 Å². The van der Waals surface area contributed by atoms with Crippen molar-refractivity contribution in [2.45, 2.75) is 24.6 Å². The number of hydrogen-bond donors (Lipinski definition) is 1. The lowest BCUT2D eigenvalue weighted by Crippen LogP contribution is -2.54. The van der Waals surface area contributed by atoms with Crippen LogP contribution in [0, 0.1) is 0 Å². The SMILES string of the molecule is C[C@H](Nc1nccc(N2C(=O)OC3(COC3)[C@H]2c2ccccc2)n1)c1ccccc1. The summed E-state index contributed by atoms with van der Waals surface area (Å²) in [6, 6.07) is 21.4. The smallest absolute Gasteiger partial charge is 0.417 e. The second-order valence-electron chi connectivity index (χ2n) is 7.62. The molecule has 2 atom stereocenters. The van der Waals surface area contributed by atoms with Gasteiger partial charge in [-0.1, -0.05) is 60.7 Å². The van der Waals surface area contributed by atoms with Crippen molar-refractivity contribution in [3.63, 3.8) is 0 Å². The number of nitrogens with one attached hydrogen (secondary N) is 1. The zero-order chi connectivity index (χ0) is 20.6. The lowest BCUT2D eigenvalue weighted by Gasteiger charge is -2.40. The van der Waals surface area contributed by atoms with Crippen molar-refractivity contribution in [3.8, 4) is 0 Å². The zero-order valence-corrected chi connectivity index (χ0v) is 16.6. The van der Waals surface area contributed by atoms with Crippen molar-refractivity contribution in [3.05, 3.63) is 84.1 Å². The van der Waals surface area contributed by atoms with Gasteiger partial charge in [-0.05, 0) is 24.1 Å². The summed E-state index contributed by atoms with van der Waals surface area (Å²) in [7, 11) is 0. The minimum atomic E-state index is -0.686. The Bertz CT molecular complexity index is 1040. The van der Waals surface area contributed by atoms with E-state index in [1.54, 1.807) is 17.2 Å². The van der Waals surface area contributed by atoms with E-state index in [4.69, 9.17) is 9.47 Å². The predicted molar refractivity (Wildman–Crippen MR) is 112 cm³/mol. The van der Waals surface area contributed by atoms with Crippen molar-refractivity contribution in [1.29, 1.82) is 0 Å². The Morgan fingerprint density at radius 3 is 2.43 bits per heavy atom. The van der Waals surface area contributed by atoms with Gasteiger partial charge in [0.25, 0.3) is 0 Å². The Balaban J connectivity index is 1.47. The predicted octanol–water partition coefficient (Wildman–Crippen LogP) is 4.12. The third kappa shape index (κ3) is 3.17. The van der Waals surface area contributed by atoms with E-state index < -0.39 is 11.7 Å². The maximum atomic E-state index is 12.9. The first kappa shape index (κ1) is 18.6. The molecule has 1 aromatic heterocycles. The second-order valence-corrected chi connectivity index (χ2v) is 7.62. The molecule has 0 aliphatic carbocycles. The van der Waals surface area contributed by atoms with Crippen LogP contribution in [0.4, 0.5) is 16.6 Å². The summed E-state index contributed by atoms with van der Waals surface area (Å²) in [5.74, 6) is 0.949. The molecule has 30 heavy (non-hydrogen) atoms. The Labute approximate surface area is 174 Å². The van der Waals surface area contributed by atoms with Gasteiger partial charge in [0.2, 0.25) is 5.95 Å². The molecule has 2 aromatic carbocycles. The molecule has 0 radical (unpaired) electrons. The van der Waals surface area contributed by atoms with Gasteiger partial charge in [-0.15, -0.1) is 0 Å². The number of carbonyl (C=O) groups is 1. The highest BCUT2D eigenvalue weighted by atomic mass is 16.6. The second kappa shape index (κ2) is 7.42. The number of carbonyl (C=O) groups excluding carboxylic acids is 1. The fraction of sp³-hybridized carbons (Fsp3) is 0.261. The summed E-state index contributed by atoms with van der Waals surface area (Å²) < 4.78 is 11.2. The fourth-order valence-corrected chi connectivity index (χ4v) is 4.03. The average molecular weight is 402 g/mol. The highest BCUT2D eigenvalue weighted by molar-refractivity contribution is 5.91. The van der Waals surface area contributed by atoms with E-state index in [1.807, 2.05) is 67.6 Å². The molecule has 3 heterocycles. The first-order valence-corrected chi connectivity index (χ1v) is 9.96. The Morgan fingerprint density at radius 2 is 1.77 bits per heavy atom. The van der Waals surface area contributed by atoms with Crippen LogP contribution in [0.15, 0.2) is 72.9 Å². The molecule has 152 valence electrons. The Hall–Kier alpha value is -3.45. The molecule has 2 saturated heterocycles. The van der Waals surface area contributed by atoms with E-state index in [0.717, 1.165) is 11.1 Å². The minimum absolute atomic E-state index is 0.0169. The molecule has 1 N–H and O–H groups in total. The highest BCUT2D eigenvalue weighted by Crippen LogP contribution is 2.47. The fourth-order valence-electron chi connectivity index (χ4n) is 4.03. The minimum Gasteiger partial charge on any atom is -0.435 e. The van der Waals surface area contributed by atoms with Gasteiger partial charge >= 0.3 is 6.09 Å². The van der Waals surface area contributed by atoms with Crippen LogP contribution in [0.1, 0.15) is 30.1 Å². The van der Waals surface area contributed by atoms with Gasteiger partial charge in [-0.2, -0.15) is 4.98 Å². The average Bonchev–Trinajstić information content (AvgIpc) is 3.09. The first-order chi connectivity index (χ1) is 14.7. The molecule has 1 spiro atoms. The van der Waals surface area contributed by atoms with Crippen LogP contribution < -0.4 is 10.2 Å². The zero-order valence-electron chi connectivity index (χ0n) is 16.6. The van der Waals surface area contributed by atoms with Crippen molar-refractivity contribution in [2.75, 3.05) is 23.4 Å². The number of anilines is 2. The van der Waals surface area contributed by atoms with Gasteiger partial charge in [0.15, 0.2) is 5.60 Å². The van der Waals surface area contributed by atoms with E-state index in [2.05, 4.69) is 15.3 Å². The normalized spacial score (nSPS) is 20.5. The molecule has 0 unspecified atom stereocenters. The highest BCUT2D eigenvalue weighted by Gasteiger charge is 2.60. The van der Waals surface area contributed by atoms with Crippen LogP contribution >= 0.6 is 0 Å². The number of nitrogens with zero attached hydrogens (tertiary/aromatic N) is 3. The molecular weight excluding hydrogens is 380 g/mol. The Kier molecular flexibility index (Phi) is 4.59. The molecule has 1 amide bonds. The molecule has 2 aliphatic rings. The standard InChI is InChI=1S/C23H22N4O3/c1-16(17-8-4-2-5-9-17)25-21-24-13-12-19(26-21)27-20(18-10-6-3-7-11-18)23(14-29-15-23)30-22(27)28/h2-13,16,20H,14-15H2,1H3,(H,24,25,26)/t16-,20+/m0/s1. The third-order valence-corrected chi connectivity index (χ3v) is 5.58. The topological polar surface area (TPSA) is 76.6 Å². The summed E-state index contributed by atoms with van der Waals surface area (Å²) >= 11 is 0. The summed E-state index contributed by atoms with van der Waals surface area (Å²) in [6.45, 7) is 2.79. The number of rotatable bonds is 5. The first-order valence-electron chi connectivity index (χ1n) is 9.96. The van der Waals surface area contributed by atoms with Crippen LogP contribution in [-0.4, -0.2) is 34.9 Å². The van der Waals surface area contributed by atoms with Crippen molar-refractivity contribution >= 4 is 17.9 Å². The monoisotopic (exact) mass is 402 g/mol. The molecule has 0 saturated carbocycles. The van der Waals surface area contributed by atoms with Crippen LogP contribution in [0.3, 0.4) is 0 Å². The number of benzene rings is 2. The van der Waals surface area contributed by atoms with E-state index >= 15 is 0 Å². The van der Waals surface area contributed by atoms with Crippen molar-refractivity contribution in [2.24, 2.45) is 0 Å². The molecule has 2 aliphatic heterocycles. The van der Waals surface area contributed by atoms with E-state index in [9.17, 15) is 4.79 Å². The van der Waals surface area contributed by atoms with Gasteiger partial charge in [0.05, 0.1) is 19.3 Å². The number of amides is 1. The lowest BCUT2D eigenvalue weighted by molar-refractivity contribution is -0.170. The van der Waals surface area contributed by atoms with Crippen molar-refractivity contribution in [1.82, 2.24) is 9.97 Å². The summed E-state index contributed by atoms with van der Waals surface area (Å²) in [5.41, 5.74) is 1.42. The molecule has 3 aromatic rings. The third-order valence-electron chi connectivity index (χ3n) is 5.58. The van der Waals surface area contributed by atoms with Crippen LogP contribution in [-0.2, 0) is 9.47 Å². The quantitative estimate of drug-likeness (QED) is 0.692. The molecule has 0 bridgehead atoms. The van der Waals surface area contributed by atoms with Gasteiger partial charge in [0, 0.05) is 6.20 Å². The number of aromatic nitrogens is 2.